The van der Waals surface area contributed by atoms with Gasteiger partial charge in [0.05, 0.1) is 11.2 Å². The highest BCUT2D eigenvalue weighted by atomic mass is 32.1. The summed E-state index contributed by atoms with van der Waals surface area (Å²) in [7, 11) is 0. The molecular formula is C14H24N2S. The van der Waals surface area contributed by atoms with Crippen LogP contribution in [0.1, 0.15) is 49.6 Å². The first kappa shape index (κ1) is 13.0. The lowest BCUT2D eigenvalue weighted by molar-refractivity contribution is 0.257. The SMILES string of the molecule is CCC1CCCCC1NCCc1scnc1C. The third kappa shape index (κ3) is 3.52. The molecule has 0 bridgehead atoms. The highest BCUT2D eigenvalue weighted by Gasteiger charge is 2.22. The average Bonchev–Trinajstić information content (AvgIpc) is 2.76. The van der Waals surface area contributed by atoms with Gasteiger partial charge in [-0.25, -0.2) is 4.98 Å². The third-order valence-corrected chi connectivity index (χ3v) is 5.03. The van der Waals surface area contributed by atoms with Crippen LogP contribution in [0.5, 0.6) is 0 Å². The number of nitrogens with zero attached hydrogens (tertiary/aromatic N) is 1. The molecule has 1 aromatic heterocycles. The van der Waals surface area contributed by atoms with Gasteiger partial charge >= 0.3 is 0 Å². The van der Waals surface area contributed by atoms with E-state index < -0.39 is 0 Å². The Labute approximate surface area is 109 Å². The first-order valence-corrected chi connectivity index (χ1v) is 7.81. The Morgan fingerprint density at radius 1 is 1.41 bits per heavy atom. The highest BCUT2D eigenvalue weighted by molar-refractivity contribution is 7.09. The second kappa shape index (κ2) is 6.50. The molecule has 1 heterocycles. The van der Waals surface area contributed by atoms with E-state index in [0.29, 0.717) is 0 Å². The van der Waals surface area contributed by atoms with Crippen molar-refractivity contribution in [3.8, 4) is 0 Å². The van der Waals surface area contributed by atoms with Crippen LogP contribution in [0.2, 0.25) is 0 Å². The van der Waals surface area contributed by atoms with Gasteiger partial charge in [-0.3, -0.25) is 0 Å². The van der Waals surface area contributed by atoms with E-state index in [2.05, 4.69) is 24.1 Å². The van der Waals surface area contributed by atoms with Crippen LogP contribution in [0, 0.1) is 12.8 Å². The molecule has 0 spiro atoms. The van der Waals surface area contributed by atoms with Crippen molar-refractivity contribution in [2.45, 2.75) is 58.4 Å². The molecule has 2 atom stereocenters. The van der Waals surface area contributed by atoms with Crippen molar-refractivity contribution in [2.75, 3.05) is 6.54 Å². The van der Waals surface area contributed by atoms with Crippen molar-refractivity contribution in [1.82, 2.24) is 10.3 Å². The lowest BCUT2D eigenvalue weighted by Gasteiger charge is -2.31. The van der Waals surface area contributed by atoms with Crippen LogP contribution in [0.4, 0.5) is 0 Å². The smallest absolute Gasteiger partial charge is 0.0797 e. The molecule has 1 aliphatic rings. The average molecular weight is 252 g/mol. The zero-order valence-electron chi connectivity index (χ0n) is 11.0. The minimum atomic E-state index is 0.766. The van der Waals surface area contributed by atoms with Crippen molar-refractivity contribution >= 4 is 11.3 Å². The van der Waals surface area contributed by atoms with Gasteiger partial charge in [0.2, 0.25) is 0 Å². The summed E-state index contributed by atoms with van der Waals surface area (Å²) in [5.74, 6) is 0.909. The normalized spacial score (nSPS) is 25.1. The summed E-state index contributed by atoms with van der Waals surface area (Å²) in [5.41, 5.74) is 3.17. The fourth-order valence-electron chi connectivity index (χ4n) is 2.90. The van der Waals surface area contributed by atoms with Gasteiger partial charge in [-0.15, -0.1) is 11.3 Å². The monoisotopic (exact) mass is 252 g/mol. The van der Waals surface area contributed by atoms with Crippen LogP contribution < -0.4 is 5.32 Å². The highest BCUT2D eigenvalue weighted by Crippen LogP contribution is 2.26. The van der Waals surface area contributed by atoms with Crippen LogP contribution in [-0.4, -0.2) is 17.6 Å². The second-order valence-electron chi connectivity index (χ2n) is 5.12. The molecule has 1 aliphatic carbocycles. The number of hydrogen-bond acceptors (Lipinski definition) is 3. The van der Waals surface area contributed by atoms with Gasteiger partial charge in [0, 0.05) is 17.5 Å². The topological polar surface area (TPSA) is 24.9 Å². The van der Waals surface area contributed by atoms with Crippen LogP contribution in [0.3, 0.4) is 0 Å². The zero-order chi connectivity index (χ0) is 12.1. The maximum Gasteiger partial charge on any atom is 0.0797 e. The third-order valence-electron chi connectivity index (χ3n) is 4.04. The molecule has 17 heavy (non-hydrogen) atoms. The molecule has 3 heteroatoms. The summed E-state index contributed by atoms with van der Waals surface area (Å²) in [4.78, 5) is 5.75. The van der Waals surface area contributed by atoms with Gasteiger partial charge in [-0.1, -0.05) is 26.2 Å². The first-order valence-electron chi connectivity index (χ1n) is 6.93. The minimum absolute atomic E-state index is 0.766. The van der Waals surface area contributed by atoms with Gasteiger partial charge in [0.25, 0.3) is 0 Å². The Balaban J connectivity index is 1.75. The summed E-state index contributed by atoms with van der Waals surface area (Å²) in [6.45, 7) is 5.56. The Hall–Kier alpha value is -0.410. The Bertz CT molecular complexity index is 335. The molecule has 0 saturated heterocycles. The molecule has 0 aromatic carbocycles. The van der Waals surface area contributed by atoms with Gasteiger partial charge in [0.1, 0.15) is 0 Å². The number of hydrogen-bond donors (Lipinski definition) is 1. The minimum Gasteiger partial charge on any atom is -0.313 e. The van der Waals surface area contributed by atoms with E-state index in [-0.39, 0.29) is 0 Å². The van der Waals surface area contributed by atoms with E-state index in [4.69, 9.17) is 0 Å². The van der Waals surface area contributed by atoms with Crippen LogP contribution in [0.25, 0.3) is 0 Å². The molecule has 2 rings (SSSR count). The maximum absolute atomic E-state index is 4.30. The predicted molar refractivity (Wildman–Crippen MR) is 74.6 cm³/mol. The molecular weight excluding hydrogens is 228 g/mol. The molecule has 1 fully saturated rings. The van der Waals surface area contributed by atoms with E-state index >= 15 is 0 Å². The van der Waals surface area contributed by atoms with Gasteiger partial charge in [-0.2, -0.15) is 0 Å². The van der Waals surface area contributed by atoms with E-state index in [1.807, 2.05) is 5.51 Å². The number of rotatable bonds is 5. The molecule has 1 N–H and O–H groups in total. The number of thiazole rings is 1. The lowest BCUT2D eigenvalue weighted by atomic mass is 9.83. The van der Waals surface area contributed by atoms with E-state index in [9.17, 15) is 0 Å². The standard InChI is InChI=1S/C14H24N2S/c1-3-12-6-4-5-7-13(12)15-9-8-14-11(2)16-10-17-14/h10,12-13,15H,3-9H2,1-2H3. The van der Waals surface area contributed by atoms with E-state index in [1.54, 1.807) is 11.3 Å². The molecule has 0 amide bonds. The second-order valence-corrected chi connectivity index (χ2v) is 6.06. The van der Waals surface area contributed by atoms with Crippen molar-refractivity contribution in [1.29, 1.82) is 0 Å². The van der Waals surface area contributed by atoms with Crippen molar-refractivity contribution in [3.05, 3.63) is 16.1 Å². The first-order chi connectivity index (χ1) is 8.31. The van der Waals surface area contributed by atoms with Gasteiger partial charge < -0.3 is 5.32 Å². The molecule has 0 aliphatic heterocycles. The van der Waals surface area contributed by atoms with Crippen LogP contribution in [-0.2, 0) is 6.42 Å². The molecule has 1 saturated carbocycles. The van der Waals surface area contributed by atoms with Crippen molar-refractivity contribution < 1.29 is 0 Å². The molecule has 1 aromatic rings. The molecule has 2 nitrogen and oxygen atoms in total. The Morgan fingerprint density at radius 3 is 2.94 bits per heavy atom. The van der Waals surface area contributed by atoms with E-state index in [1.165, 1.54) is 42.7 Å². The summed E-state index contributed by atoms with van der Waals surface area (Å²) in [6, 6.07) is 0.766. The number of aromatic nitrogens is 1. The maximum atomic E-state index is 4.30. The van der Waals surface area contributed by atoms with Crippen molar-refractivity contribution in [2.24, 2.45) is 5.92 Å². The molecule has 0 radical (unpaired) electrons. The van der Waals surface area contributed by atoms with Crippen LogP contribution in [0.15, 0.2) is 5.51 Å². The van der Waals surface area contributed by atoms with Gasteiger partial charge in [0.15, 0.2) is 0 Å². The quantitative estimate of drug-likeness (QED) is 0.867. The predicted octanol–water partition coefficient (Wildman–Crippen LogP) is 3.55. The summed E-state index contributed by atoms with van der Waals surface area (Å²) in [5, 5.41) is 3.77. The van der Waals surface area contributed by atoms with Crippen LogP contribution >= 0.6 is 11.3 Å². The number of aryl methyl sites for hydroxylation is 1. The zero-order valence-corrected chi connectivity index (χ0v) is 11.9. The lowest BCUT2D eigenvalue weighted by Crippen LogP contribution is -2.39. The summed E-state index contributed by atoms with van der Waals surface area (Å²) >= 11 is 1.79. The largest absolute Gasteiger partial charge is 0.313 e. The molecule has 96 valence electrons. The van der Waals surface area contributed by atoms with Crippen molar-refractivity contribution in [3.63, 3.8) is 0 Å². The fourth-order valence-corrected chi connectivity index (χ4v) is 3.68. The fraction of sp³-hybridized carbons (Fsp3) is 0.786. The molecule has 2 unspecified atom stereocenters. The van der Waals surface area contributed by atoms with E-state index in [0.717, 1.165) is 24.9 Å². The summed E-state index contributed by atoms with van der Waals surface area (Å²) < 4.78 is 0. The Morgan fingerprint density at radius 2 is 2.24 bits per heavy atom. The summed E-state index contributed by atoms with van der Waals surface area (Å²) in [6.07, 6.45) is 8.12. The number of nitrogens with one attached hydrogen (secondary N) is 1. The van der Waals surface area contributed by atoms with Gasteiger partial charge in [-0.05, 0) is 32.1 Å². The Kier molecular flexibility index (Phi) is 4.99.